The molecule has 20 heavy (non-hydrogen) atoms. The Morgan fingerprint density at radius 3 is 2.75 bits per heavy atom. The van der Waals surface area contributed by atoms with Crippen molar-refractivity contribution in [3.63, 3.8) is 0 Å². The maximum atomic E-state index is 12.0. The van der Waals surface area contributed by atoms with Gasteiger partial charge in [-0.2, -0.15) is 0 Å². The lowest BCUT2D eigenvalue weighted by atomic mass is 10.4. The minimum Gasteiger partial charge on any atom is -0.468 e. The Balaban J connectivity index is 2.27. The zero-order chi connectivity index (χ0) is 14.5. The molecule has 2 heterocycles. The monoisotopic (exact) mass is 275 g/mol. The van der Waals surface area contributed by atoms with Gasteiger partial charge in [-0.25, -0.2) is 9.97 Å². The van der Waals surface area contributed by atoms with Gasteiger partial charge >= 0.3 is 0 Å². The predicted molar refractivity (Wildman–Crippen MR) is 75.1 cm³/mol. The van der Waals surface area contributed by atoms with Gasteiger partial charge in [0.15, 0.2) is 0 Å². The lowest BCUT2D eigenvalue weighted by Crippen LogP contribution is -2.23. The first-order chi connectivity index (χ1) is 9.63. The van der Waals surface area contributed by atoms with Crippen LogP contribution in [0.3, 0.4) is 0 Å². The molecule has 0 atom stereocenters. The summed E-state index contributed by atoms with van der Waals surface area (Å²) in [5, 5.41) is 3.06. The van der Waals surface area contributed by atoms with Crippen molar-refractivity contribution in [2.75, 3.05) is 19.0 Å². The fourth-order valence-corrected chi connectivity index (χ4v) is 1.77. The second-order valence-electron chi connectivity index (χ2n) is 4.23. The number of aromatic nitrogens is 4. The van der Waals surface area contributed by atoms with Gasteiger partial charge in [-0.1, -0.05) is 0 Å². The Hall–Kier alpha value is -2.44. The SMILES string of the molecule is CCNc1cnc(Cn2c(OC)nc(C)cc2=O)cn1. The molecule has 0 aliphatic heterocycles. The summed E-state index contributed by atoms with van der Waals surface area (Å²) in [6.07, 6.45) is 3.27. The van der Waals surface area contributed by atoms with Crippen LogP contribution in [-0.4, -0.2) is 33.2 Å². The molecule has 0 radical (unpaired) electrons. The van der Waals surface area contributed by atoms with Gasteiger partial charge in [0, 0.05) is 18.3 Å². The molecule has 2 rings (SSSR count). The highest BCUT2D eigenvalue weighted by atomic mass is 16.5. The van der Waals surface area contributed by atoms with Crippen molar-refractivity contribution >= 4 is 5.82 Å². The molecule has 0 aromatic carbocycles. The molecule has 1 N–H and O–H groups in total. The van der Waals surface area contributed by atoms with Crippen LogP contribution in [0.1, 0.15) is 18.3 Å². The molecule has 7 heteroatoms. The van der Waals surface area contributed by atoms with E-state index in [0.717, 1.165) is 6.54 Å². The first-order valence-electron chi connectivity index (χ1n) is 6.31. The Kier molecular flexibility index (Phi) is 4.29. The molecule has 2 aromatic heterocycles. The van der Waals surface area contributed by atoms with E-state index in [1.165, 1.54) is 17.7 Å². The van der Waals surface area contributed by atoms with Gasteiger partial charge in [-0.05, 0) is 13.8 Å². The van der Waals surface area contributed by atoms with E-state index >= 15 is 0 Å². The summed E-state index contributed by atoms with van der Waals surface area (Å²) >= 11 is 0. The quantitative estimate of drug-likeness (QED) is 0.870. The summed E-state index contributed by atoms with van der Waals surface area (Å²) in [5.41, 5.74) is 1.11. The van der Waals surface area contributed by atoms with Crippen LogP contribution in [0.4, 0.5) is 5.82 Å². The topological polar surface area (TPSA) is 81.9 Å². The van der Waals surface area contributed by atoms with Crippen molar-refractivity contribution in [1.29, 1.82) is 0 Å². The van der Waals surface area contributed by atoms with Crippen LogP contribution in [0.5, 0.6) is 6.01 Å². The standard InChI is InChI=1S/C13H17N5O2/c1-4-14-11-7-15-10(6-16-11)8-18-12(19)5-9(2)17-13(18)20-3/h5-7H,4,8H2,1-3H3,(H,14,16). The van der Waals surface area contributed by atoms with Crippen molar-refractivity contribution in [3.8, 4) is 6.01 Å². The summed E-state index contributed by atoms with van der Waals surface area (Å²) < 4.78 is 6.55. The number of anilines is 1. The third-order valence-electron chi connectivity index (χ3n) is 2.67. The average Bonchev–Trinajstić information content (AvgIpc) is 2.43. The highest BCUT2D eigenvalue weighted by Gasteiger charge is 2.09. The summed E-state index contributed by atoms with van der Waals surface area (Å²) in [4.78, 5) is 24.6. The molecular weight excluding hydrogens is 258 g/mol. The van der Waals surface area contributed by atoms with Crippen LogP contribution in [0, 0.1) is 6.92 Å². The summed E-state index contributed by atoms with van der Waals surface area (Å²) in [6, 6.07) is 1.73. The first-order valence-corrected chi connectivity index (χ1v) is 6.31. The van der Waals surface area contributed by atoms with E-state index in [9.17, 15) is 4.79 Å². The number of rotatable bonds is 5. The number of nitrogens with one attached hydrogen (secondary N) is 1. The molecule has 0 unspecified atom stereocenters. The number of aryl methyl sites for hydroxylation is 1. The van der Waals surface area contributed by atoms with Gasteiger partial charge in [0.25, 0.3) is 11.6 Å². The summed E-state index contributed by atoms with van der Waals surface area (Å²) in [6.45, 7) is 4.79. The Morgan fingerprint density at radius 1 is 1.35 bits per heavy atom. The minimum absolute atomic E-state index is 0.174. The molecule has 0 amide bonds. The molecule has 0 saturated heterocycles. The fourth-order valence-electron chi connectivity index (χ4n) is 1.77. The van der Waals surface area contributed by atoms with E-state index in [1.54, 1.807) is 19.3 Å². The smallest absolute Gasteiger partial charge is 0.299 e. The summed E-state index contributed by atoms with van der Waals surface area (Å²) in [7, 11) is 1.48. The molecule has 2 aromatic rings. The maximum absolute atomic E-state index is 12.0. The van der Waals surface area contributed by atoms with Crippen LogP contribution in [-0.2, 0) is 6.54 Å². The van der Waals surface area contributed by atoms with Gasteiger partial charge < -0.3 is 10.1 Å². The van der Waals surface area contributed by atoms with Gasteiger partial charge in [0.2, 0.25) is 0 Å². The van der Waals surface area contributed by atoms with Crippen LogP contribution >= 0.6 is 0 Å². The van der Waals surface area contributed by atoms with Gasteiger partial charge in [0.1, 0.15) is 5.82 Å². The number of ether oxygens (including phenoxy) is 1. The molecular formula is C13H17N5O2. The van der Waals surface area contributed by atoms with Crippen molar-refractivity contribution in [3.05, 3.63) is 40.2 Å². The molecule has 0 aliphatic carbocycles. The highest BCUT2D eigenvalue weighted by Crippen LogP contribution is 2.08. The van der Waals surface area contributed by atoms with E-state index in [-0.39, 0.29) is 18.1 Å². The van der Waals surface area contributed by atoms with Crippen LogP contribution < -0.4 is 15.6 Å². The molecule has 0 aliphatic rings. The van der Waals surface area contributed by atoms with E-state index in [2.05, 4.69) is 20.3 Å². The second kappa shape index (κ2) is 6.14. The van der Waals surface area contributed by atoms with Gasteiger partial charge in [-0.3, -0.25) is 14.3 Å². The van der Waals surface area contributed by atoms with E-state index in [1.807, 2.05) is 6.92 Å². The van der Waals surface area contributed by atoms with E-state index < -0.39 is 0 Å². The number of nitrogens with zero attached hydrogens (tertiary/aromatic N) is 4. The van der Waals surface area contributed by atoms with Crippen molar-refractivity contribution in [1.82, 2.24) is 19.5 Å². The number of hydrogen-bond acceptors (Lipinski definition) is 6. The Morgan fingerprint density at radius 2 is 2.15 bits per heavy atom. The third-order valence-corrected chi connectivity index (χ3v) is 2.67. The molecule has 0 spiro atoms. The zero-order valence-corrected chi connectivity index (χ0v) is 11.8. The highest BCUT2D eigenvalue weighted by molar-refractivity contribution is 5.30. The molecule has 0 bridgehead atoms. The second-order valence-corrected chi connectivity index (χ2v) is 4.23. The largest absolute Gasteiger partial charge is 0.468 e. The Bertz CT molecular complexity index is 636. The third kappa shape index (κ3) is 3.11. The molecule has 0 fully saturated rings. The van der Waals surface area contributed by atoms with Crippen LogP contribution in [0.15, 0.2) is 23.3 Å². The van der Waals surface area contributed by atoms with Gasteiger partial charge in [0.05, 0.1) is 31.7 Å². The van der Waals surface area contributed by atoms with Crippen molar-refractivity contribution in [2.45, 2.75) is 20.4 Å². The van der Waals surface area contributed by atoms with Gasteiger partial charge in [-0.15, -0.1) is 0 Å². The normalized spacial score (nSPS) is 10.3. The van der Waals surface area contributed by atoms with E-state index in [4.69, 9.17) is 4.74 Å². The lowest BCUT2D eigenvalue weighted by molar-refractivity contribution is 0.349. The molecule has 0 saturated carbocycles. The van der Waals surface area contributed by atoms with Crippen molar-refractivity contribution < 1.29 is 4.74 Å². The maximum Gasteiger partial charge on any atom is 0.299 e. The predicted octanol–water partition coefficient (Wildman–Crippen LogP) is 0.830. The van der Waals surface area contributed by atoms with Crippen molar-refractivity contribution in [2.24, 2.45) is 0 Å². The van der Waals surface area contributed by atoms with E-state index in [0.29, 0.717) is 17.2 Å². The average molecular weight is 275 g/mol. The van der Waals surface area contributed by atoms with Crippen LogP contribution in [0.25, 0.3) is 0 Å². The molecule has 7 nitrogen and oxygen atoms in total. The number of methoxy groups -OCH3 is 1. The van der Waals surface area contributed by atoms with Crippen LogP contribution in [0.2, 0.25) is 0 Å². The molecule has 106 valence electrons. The first kappa shape index (κ1) is 14.0. The fraction of sp³-hybridized carbons (Fsp3) is 0.385. The summed E-state index contributed by atoms with van der Waals surface area (Å²) in [5.74, 6) is 0.706. The number of hydrogen-bond donors (Lipinski definition) is 1. The Labute approximate surface area is 116 Å². The lowest BCUT2D eigenvalue weighted by Gasteiger charge is -2.10. The minimum atomic E-state index is -0.174. The zero-order valence-electron chi connectivity index (χ0n) is 11.8.